The highest BCUT2D eigenvalue weighted by Gasteiger charge is 2.10. The molecule has 0 saturated carbocycles. The molecule has 1 aliphatic rings. The van der Waals surface area contributed by atoms with Gasteiger partial charge in [0.2, 0.25) is 0 Å². The van der Waals surface area contributed by atoms with Crippen LogP contribution in [0.25, 0.3) is 16.5 Å². The summed E-state index contributed by atoms with van der Waals surface area (Å²) in [4.78, 5) is 12.3. The van der Waals surface area contributed by atoms with E-state index >= 15 is 0 Å². The fraction of sp³-hybridized carbons (Fsp3) is 0.133. The highest BCUT2D eigenvalue weighted by atomic mass is 16.3. The van der Waals surface area contributed by atoms with E-state index in [-0.39, 0.29) is 11.2 Å². The van der Waals surface area contributed by atoms with Crippen LogP contribution in [-0.4, -0.2) is 5.11 Å². The third-order valence-corrected chi connectivity index (χ3v) is 3.06. The van der Waals surface area contributed by atoms with Crippen LogP contribution in [0.4, 0.5) is 0 Å². The number of aromatic hydroxyl groups is 1. The van der Waals surface area contributed by atoms with E-state index < -0.39 is 0 Å². The van der Waals surface area contributed by atoms with Gasteiger partial charge < -0.3 is 9.52 Å². The summed E-state index contributed by atoms with van der Waals surface area (Å²) in [5, 5.41) is 9.85. The molecule has 2 aromatic rings. The van der Waals surface area contributed by atoms with Crippen molar-refractivity contribution in [2.24, 2.45) is 0 Å². The molecule has 0 amide bonds. The van der Waals surface area contributed by atoms with Crippen LogP contribution in [0.3, 0.4) is 0 Å². The lowest BCUT2D eigenvalue weighted by Gasteiger charge is -2.07. The number of phenols is 1. The summed E-state index contributed by atoms with van der Waals surface area (Å²) in [5.74, 6) is 0.0928. The lowest BCUT2D eigenvalue weighted by atomic mass is 10.00. The van der Waals surface area contributed by atoms with Crippen molar-refractivity contribution in [2.75, 3.05) is 0 Å². The summed E-state index contributed by atoms with van der Waals surface area (Å²) >= 11 is 0. The summed E-state index contributed by atoms with van der Waals surface area (Å²) in [6, 6.07) is 4.53. The van der Waals surface area contributed by atoms with Crippen molar-refractivity contribution in [1.29, 1.82) is 0 Å². The minimum Gasteiger partial charge on any atom is -0.508 e. The molecule has 3 nitrogen and oxygen atoms in total. The highest BCUT2D eigenvalue weighted by Crippen LogP contribution is 2.23. The van der Waals surface area contributed by atoms with Crippen LogP contribution in [-0.2, 0) is 0 Å². The first kappa shape index (κ1) is 10.8. The number of rotatable bonds is 1. The summed E-state index contributed by atoms with van der Waals surface area (Å²) < 4.78 is 5.42. The van der Waals surface area contributed by atoms with Crippen molar-refractivity contribution in [1.82, 2.24) is 0 Å². The molecule has 0 spiro atoms. The Morgan fingerprint density at radius 2 is 2.11 bits per heavy atom. The van der Waals surface area contributed by atoms with Gasteiger partial charge in [0.15, 0.2) is 5.43 Å². The van der Waals surface area contributed by atoms with Gasteiger partial charge >= 0.3 is 0 Å². The van der Waals surface area contributed by atoms with Gasteiger partial charge in [0.1, 0.15) is 17.6 Å². The number of hydrogen-bond acceptors (Lipinski definition) is 3. The highest BCUT2D eigenvalue weighted by molar-refractivity contribution is 5.84. The number of fused-ring (bicyclic) bond motifs is 1. The first-order chi connectivity index (χ1) is 8.75. The molecule has 1 N–H and O–H groups in total. The lowest BCUT2D eigenvalue weighted by molar-refractivity contribution is 0.474. The molecule has 0 bridgehead atoms. The van der Waals surface area contributed by atoms with E-state index in [2.05, 4.69) is 6.08 Å². The standard InChI is InChI=1S/C15H12O3/c16-11-6-7-12-14(8-11)18-9-13(15(12)17)10-4-2-1-3-5-10/h2,4-9,16H,1,3H2. The molecule has 18 heavy (non-hydrogen) atoms. The minimum atomic E-state index is -0.0611. The molecule has 0 radical (unpaired) electrons. The van der Waals surface area contributed by atoms with Crippen LogP contribution >= 0.6 is 0 Å². The summed E-state index contributed by atoms with van der Waals surface area (Å²) in [5.41, 5.74) is 1.83. The Balaban J connectivity index is 2.24. The fourth-order valence-corrected chi connectivity index (χ4v) is 2.13. The Kier molecular flexibility index (Phi) is 2.52. The Morgan fingerprint density at radius 1 is 1.22 bits per heavy atom. The average molecular weight is 240 g/mol. The smallest absolute Gasteiger partial charge is 0.200 e. The normalized spacial score (nSPS) is 14.8. The number of benzene rings is 1. The molecule has 0 fully saturated rings. The zero-order valence-corrected chi connectivity index (χ0v) is 9.72. The molecule has 0 atom stereocenters. The average Bonchev–Trinajstić information content (AvgIpc) is 2.40. The Labute approximate surface area is 104 Å². The van der Waals surface area contributed by atoms with Gasteiger partial charge in [-0.3, -0.25) is 4.79 Å². The summed E-state index contributed by atoms with van der Waals surface area (Å²) in [6.07, 6.45) is 9.46. The van der Waals surface area contributed by atoms with E-state index in [1.165, 1.54) is 18.4 Å². The fourth-order valence-electron chi connectivity index (χ4n) is 2.13. The van der Waals surface area contributed by atoms with Crippen LogP contribution in [0, 0.1) is 0 Å². The van der Waals surface area contributed by atoms with Crippen molar-refractivity contribution >= 4 is 16.5 Å². The second kappa shape index (κ2) is 4.18. The SMILES string of the molecule is O=c1c(C2=CCCC=C2)coc2cc(O)ccc12. The molecular weight excluding hydrogens is 228 g/mol. The Hall–Kier alpha value is -2.29. The molecule has 90 valence electrons. The van der Waals surface area contributed by atoms with Crippen LogP contribution in [0.1, 0.15) is 18.4 Å². The quantitative estimate of drug-likeness (QED) is 0.832. The third kappa shape index (κ3) is 1.74. The predicted molar refractivity (Wildman–Crippen MR) is 70.5 cm³/mol. The maximum atomic E-state index is 12.3. The van der Waals surface area contributed by atoms with Crippen molar-refractivity contribution < 1.29 is 9.52 Å². The largest absolute Gasteiger partial charge is 0.508 e. The van der Waals surface area contributed by atoms with Gasteiger partial charge in [-0.2, -0.15) is 0 Å². The lowest BCUT2D eigenvalue weighted by Crippen LogP contribution is -2.07. The van der Waals surface area contributed by atoms with E-state index in [4.69, 9.17) is 4.42 Å². The van der Waals surface area contributed by atoms with Gasteiger partial charge in [0.05, 0.1) is 10.9 Å². The molecule has 0 saturated heterocycles. The van der Waals surface area contributed by atoms with Crippen molar-refractivity contribution in [3.8, 4) is 5.75 Å². The topological polar surface area (TPSA) is 50.4 Å². The number of hydrogen-bond donors (Lipinski definition) is 1. The molecule has 1 heterocycles. The zero-order chi connectivity index (χ0) is 12.5. The monoisotopic (exact) mass is 240 g/mol. The molecule has 1 aromatic heterocycles. The third-order valence-electron chi connectivity index (χ3n) is 3.06. The molecule has 0 unspecified atom stereocenters. The molecule has 1 aliphatic carbocycles. The van der Waals surface area contributed by atoms with Gasteiger partial charge in [-0.1, -0.05) is 18.2 Å². The summed E-state index contributed by atoms with van der Waals surface area (Å²) in [6.45, 7) is 0. The van der Waals surface area contributed by atoms with Crippen LogP contribution in [0.2, 0.25) is 0 Å². The van der Waals surface area contributed by atoms with Gasteiger partial charge in [-0.05, 0) is 30.5 Å². The van der Waals surface area contributed by atoms with Crippen molar-refractivity contribution in [2.45, 2.75) is 12.8 Å². The van der Waals surface area contributed by atoms with E-state index in [9.17, 15) is 9.90 Å². The van der Waals surface area contributed by atoms with Gasteiger partial charge in [0, 0.05) is 6.07 Å². The molecule has 1 aromatic carbocycles. The number of allylic oxidation sites excluding steroid dienone is 4. The van der Waals surface area contributed by atoms with Crippen molar-refractivity contribution in [3.05, 3.63) is 58.5 Å². The Morgan fingerprint density at radius 3 is 2.89 bits per heavy atom. The first-order valence-electron chi connectivity index (χ1n) is 5.87. The van der Waals surface area contributed by atoms with E-state index in [1.54, 1.807) is 6.07 Å². The van der Waals surface area contributed by atoms with Crippen molar-refractivity contribution in [3.63, 3.8) is 0 Å². The van der Waals surface area contributed by atoms with E-state index in [1.807, 2.05) is 12.2 Å². The molecule has 3 rings (SSSR count). The molecule has 3 heteroatoms. The summed E-state index contributed by atoms with van der Waals surface area (Å²) in [7, 11) is 0. The minimum absolute atomic E-state index is 0.0611. The van der Waals surface area contributed by atoms with E-state index in [0.717, 1.165) is 18.4 Å². The maximum absolute atomic E-state index is 12.3. The number of phenolic OH excluding ortho intramolecular Hbond substituents is 1. The maximum Gasteiger partial charge on any atom is 0.200 e. The predicted octanol–water partition coefficient (Wildman–Crippen LogP) is 3.23. The van der Waals surface area contributed by atoms with E-state index in [0.29, 0.717) is 16.5 Å². The van der Waals surface area contributed by atoms with Gasteiger partial charge in [0.25, 0.3) is 0 Å². The second-order valence-corrected chi connectivity index (χ2v) is 4.30. The van der Waals surface area contributed by atoms with Gasteiger partial charge in [-0.15, -0.1) is 0 Å². The molecular formula is C15H12O3. The van der Waals surface area contributed by atoms with Crippen LogP contribution in [0.15, 0.2) is 51.9 Å². The second-order valence-electron chi connectivity index (χ2n) is 4.30. The van der Waals surface area contributed by atoms with Gasteiger partial charge in [-0.25, -0.2) is 0 Å². The Bertz CT molecular complexity index is 720. The zero-order valence-electron chi connectivity index (χ0n) is 9.72. The molecule has 0 aliphatic heterocycles. The first-order valence-corrected chi connectivity index (χ1v) is 5.87. The van der Waals surface area contributed by atoms with Crippen LogP contribution < -0.4 is 5.43 Å². The van der Waals surface area contributed by atoms with Crippen LogP contribution in [0.5, 0.6) is 5.75 Å².